The van der Waals surface area contributed by atoms with Crippen molar-refractivity contribution in [2.24, 2.45) is 0 Å². The van der Waals surface area contributed by atoms with Crippen LogP contribution in [0, 0.1) is 13.8 Å². The number of hydrogen-bond donors (Lipinski definition) is 1. The van der Waals surface area contributed by atoms with E-state index < -0.39 is 5.91 Å². The quantitative estimate of drug-likeness (QED) is 0.906. The second-order valence-corrected chi connectivity index (χ2v) is 6.16. The van der Waals surface area contributed by atoms with E-state index in [1.54, 1.807) is 18.0 Å². The SMILES string of the molecule is Cc1ccc(CN(C)C(=O)CNC(=O)c2cc(Cl)ccn2)c(C)c1. The van der Waals surface area contributed by atoms with Crippen LogP contribution in [0.25, 0.3) is 0 Å². The molecule has 24 heavy (non-hydrogen) atoms. The van der Waals surface area contributed by atoms with Gasteiger partial charge in [-0.25, -0.2) is 0 Å². The molecular weight excluding hydrogens is 326 g/mol. The van der Waals surface area contributed by atoms with Crippen LogP contribution in [-0.2, 0) is 11.3 Å². The largest absolute Gasteiger partial charge is 0.342 e. The average molecular weight is 346 g/mol. The molecule has 5 nitrogen and oxygen atoms in total. The van der Waals surface area contributed by atoms with Crippen molar-refractivity contribution in [3.63, 3.8) is 0 Å². The fourth-order valence-electron chi connectivity index (χ4n) is 2.28. The standard InChI is InChI=1S/C18H20ClN3O2/c1-12-4-5-14(13(2)8-12)11-22(3)17(23)10-21-18(24)16-9-15(19)6-7-20-16/h4-9H,10-11H2,1-3H3,(H,21,24). The summed E-state index contributed by atoms with van der Waals surface area (Å²) >= 11 is 5.82. The van der Waals surface area contributed by atoms with Gasteiger partial charge in [-0.3, -0.25) is 14.6 Å². The molecule has 0 spiro atoms. The topological polar surface area (TPSA) is 62.3 Å². The van der Waals surface area contributed by atoms with Crippen LogP contribution in [-0.4, -0.2) is 35.3 Å². The number of pyridine rings is 1. The van der Waals surface area contributed by atoms with Gasteiger partial charge < -0.3 is 10.2 Å². The normalized spacial score (nSPS) is 10.3. The van der Waals surface area contributed by atoms with Crippen molar-refractivity contribution in [1.82, 2.24) is 15.2 Å². The fraction of sp³-hybridized carbons (Fsp3) is 0.278. The number of rotatable bonds is 5. The minimum Gasteiger partial charge on any atom is -0.342 e. The van der Waals surface area contributed by atoms with Crippen molar-refractivity contribution in [1.29, 1.82) is 0 Å². The van der Waals surface area contributed by atoms with Gasteiger partial charge in [-0.15, -0.1) is 0 Å². The van der Waals surface area contributed by atoms with E-state index in [9.17, 15) is 9.59 Å². The first kappa shape index (κ1) is 17.9. The third kappa shape index (κ3) is 4.80. The highest BCUT2D eigenvalue weighted by molar-refractivity contribution is 6.30. The molecule has 1 aromatic carbocycles. The number of nitrogens with zero attached hydrogens (tertiary/aromatic N) is 2. The Labute approximate surface area is 146 Å². The van der Waals surface area contributed by atoms with Gasteiger partial charge in [-0.1, -0.05) is 35.4 Å². The number of halogens is 1. The van der Waals surface area contributed by atoms with E-state index in [2.05, 4.69) is 16.4 Å². The van der Waals surface area contributed by atoms with Crippen molar-refractivity contribution in [3.05, 3.63) is 63.9 Å². The lowest BCUT2D eigenvalue weighted by molar-refractivity contribution is -0.129. The molecule has 6 heteroatoms. The summed E-state index contributed by atoms with van der Waals surface area (Å²) in [5.41, 5.74) is 3.60. The first-order chi connectivity index (χ1) is 11.4. The molecule has 0 fully saturated rings. The van der Waals surface area contributed by atoms with Gasteiger partial charge in [0.1, 0.15) is 5.69 Å². The van der Waals surface area contributed by atoms with Crippen LogP contribution < -0.4 is 5.32 Å². The van der Waals surface area contributed by atoms with Gasteiger partial charge in [0.15, 0.2) is 0 Å². The lowest BCUT2D eigenvalue weighted by atomic mass is 10.1. The van der Waals surface area contributed by atoms with Crippen molar-refractivity contribution < 1.29 is 9.59 Å². The molecule has 0 saturated heterocycles. The van der Waals surface area contributed by atoms with Crippen LogP contribution in [0.4, 0.5) is 0 Å². The number of nitrogens with one attached hydrogen (secondary N) is 1. The molecule has 0 radical (unpaired) electrons. The molecule has 1 heterocycles. The van der Waals surface area contributed by atoms with E-state index in [4.69, 9.17) is 11.6 Å². The molecule has 0 unspecified atom stereocenters. The van der Waals surface area contributed by atoms with Crippen molar-refractivity contribution in [3.8, 4) is 0 Å². The smallest absolute Gasteiger partial charge is 0.270 e. The van der Waals surface area contributed by atoms with Crippen LogP contribution in [0.5, 0.6) is 0 Å². The molecule has 0 bridgehead atoms. The highest BCUT2D eigenvalue weighted by Crippen LogP contribution is 2.12. The van der Waals surface area contributed by atoms with Gasteiger partial charge in [-0.05, 0) is 37.1 Å². The van der Waals surface area contributed by atoms with Crippen LogP contribution in [0.15, 0.2) is 36.5 Å². The minimum atomic E-state index is -0.425. The van der Waals surface area contributed by atoms with E-state index in [1.807, 2.05) is 26.0 Å². The molecular formula is C18H20ClN3O2. The molecule has 1 aromatic heterocycles. The molecule has 126 valence electrons. The summed E-state index contributed by atoms with van der Waals surface area (Å²) in [4.78, 5) is 29.7. The number of aryl methyl sites for hydroxylation is 2. The maximum Gasteiger partial charge on any atom is 0.270 e. The van der Waals surface area contributed by atoms with Gasteiger partial charge in [-0.2, -0.15) is 0 Å². The van der Waals surface area contributed by atoms with Gasteiger partial charge in [0, 0.05) is 24.8 Å². The van der Waals surface area contributed by atoms with Crippen LogP contribution >= 0.6 is 11.6 Å². The molecule has 2 amide bonds. The van der Waals surface area contributed by atoms with Gasteiger partial charge in [0.25, 0.3) is 5.91 Å². The van der Waals surface area contributed by atoms with E-state index in [-0.39, 0.29) is 18.1 Å². The van der Waals surface area contributed by atoms with E-state index in [0.29, 0.717) is 11.6 Å². The molecule has 1 N–H and O–H groups in total. The van der Waals surface area contributed by atoms with Crippen LogP contribution in [0.1, 0.15) is 27.2 Å². The average Bonchev–Trinajstić information content (AvgIpc) is 2.54. The van der Waals surface area contributed by atoms with Gasteiger partial charge >= 0.3 is 0 Å². The Bertz CT molecular complexity index is 762. The zero-order valence-corrected chi connectivity index (χ0v) is 14.7. The van der Waals surface area contributed by atoms with E-state index in [1.165, 1.54) is 17.8 Å². The summed E-state index contributed by atoms with van der Waals surface area (Å²) in [5.74, 6) is -0.601. The first-order valence-electron chi connectivity index (χ1n) is 7.56. The molecule has 0 aliphatic heterocycles. The molecule has 0 atom stereocenters. The molecule has 0 aliphatic carbocycles. The number of carbonyl (C=O) groups excluding carboxylic acids is 2. The predicted octanol–water partition coefficient (Wildman–Crippen LogP) is 2.74. The lowest BCUT2D eigenvalue weighted by Crippen LogP contribution is -2.38. The first-order valence-corrected chi connectivity index (χ1v) is 7.94. The number of amides is 2. The maximum absolute atomic E-state index is 12.2. The second kappa shape index (κ2) is 7.93. The summed E-state index contributed by atoms with van der Waals surface area (Å²) in [6.45, 7) is 4.46. The number of benzene rings is 1. The zero-order chi connectivity index (χ0) is 17.7. The third-order valence-electron chi connectivity index (χ3n) is 3.69. The lowest BCUT2D eigenvalue weighted by Gasteiger charge is -2.19. The highest BCUT2D eigenvalue weighted by atomic mass is 35.5. The number of carbonyl (C=O) groups is 2. The number of hydrogen-bond acceptors (Lipinski definition) is 3. The number of likely N-dealkylation sites (N-methyl/N-ethyl adjacent to an activating group) is 1. The number of aromatic nitrogens is 1. The summed E-state index contributed by atoms with van der Waals surface area (Å²) in [6, 6.07) is 9.16. The Morgan fingerprint density at radius 3 is 2.62 bits per heavy atom. The zero-order valence-electron chi connectivity index (χ0n) is 14.0. The predicted molar refractivity (Wildman–Crippen MR) is 94.0 cm³/mol. The highest BCUT2D eigenvalue weighted by Gasteiger charge is 2.13. The van der Waals surface area contributed by atoms with E-state index in [0.717, 1.165) is 11.1 Å². The second-order valence-electron chi connectivity index (χ2n) is 5.72. The Balaban J connectivity index is 1.90. The Morgan fingerprint density at radius 1 is 1.21 bits per heavy atom. The Hall–Kier alpha value is -2.40. The van der Waals surface area contributed by atoms with Gasteiger partial charge in [0.05, 0.1) is 6.54 Å². The fourth-order valence-corrected chi connectivity index (χ4v) is 2.44. The molecule has 2 rings (SSSR count). The molecule has 0 saturated carbocycles. The van der Waals surface area contributed by atoms with Crippen molar-refractivity contribution in [2.45, 2.75) is 20.4 Å². The Morgan fingerprint density at radius 2 is 1.96 bits per heavy atom. The summed E-state index contributed by atoms with van der Waals surface area (Å²) in [5, 5.41) is 2.99. The van der Waals surface area contributed by atoms with Crippen molar-refractivity contribution in [2.75, 3.05) is 13.6 Å². The van der Waals surface area contributed by atoms with E-state index >= 15 is 0 Å². The molecule has 2 aromatic rings. The summed E-state index contributed by atoms with van der Waals surface area (Å²) in [7, 11) is 1.71. The summed E-state index contributed by atoms with van der Waals surface area (Å²) in [6.07, 6.45) is 1.45. The minimum absolute atomic E-state index is 0.0889. The van der Waals surface area contributed by atoms with Crippen LogP contribution in [0.2, 0.25) is 5.02 Å². The molecule has 0 aliphatic rings. The van der Waals surface area contributed by atoms with Crippen LogP contribution in [0.3, 0.4) is 0 Å². The van der Waals surface area contributed by atoms with Crippen molar-refractivity contribution >= 4 is 23.4 Å². The monoisotopic (exact) mass is 345 g/mol. The Kier molecular flexibility index (Phi) is 5.93. The summed E-state index contributed by atoms with van der Waals surface area (Å²) < 4.78 is 0. The van der Waals surface area contributed by atoms with Gasteiger partial charge in [0.2, 0.25) is 5.91 Å². The third-order valence-corrected chi connectivity index (χ3v) is 3.92. The maximum atomic E-state index is 12.2.